The Morgan fingerprint density at radius 2 is 2.21 bits per heavy atom. The van der Waals surface area contributed by atoms with Gasteiger partial charge in [-0.15, -0.1) is 0 Å². The Morgan fingerprint density at radius 1 is 1.42 bits per heavy atom. The second-order valence-electron chi connectivity index (χ2n) is 7.52. The number of hydrogen-bond donors (Lipinski definition) is 1. The summed E-state index contributed by atoms with van der Waals surface area (Å²) in [5.74, 6) is 0.697. The number of carbonyl (C=O) groups excluding carboxylic acids is 2. The van der Waals surface area contributed by atoms with Gasteiger partial charge in [-0.2, -0.15) is 0 Å². The van der Waals surface area contributed by atoms with Gasteiger partial charge >= 0.3 is 0 Å². The minimum Gasteiger partial charge on any atom is -0.497 e. The second-order valence-corrected chi connectivity index (χ2v) is 7.52. The number of fused-ring (bicyclic) bond motifs is 1. The van der Waals surface area contributed by atoms with Crippen LogP contribution >= 0.6 is 0 Å². The maximum Gasteiger partial charge on any atom is 0.223 e. The molecule has 2 heterocycles. The van der Waals surface area contributed by atoms with E-state index in [1.165, 1.54) is 11.1 Å². The summed E-state index contributed by atoms with van der Waals surface area (Å²) in [7, 11) is 1.67. The molecule has 4 atom stereocenters. The summed E-state index contributed by atoms with van der Waals surface area (Å²) >= 11 is 0. The Morgan fingerprint density at radius 3 is 2.92 bits per heavy atom. The molecule has 0 aromatic heterocycles. The number of benzene rings is 1. The molecule has 2 fully saturated rings. The summed E-state index contributed by atoms with van der Waals surface area (Å²) in [5.41, 5.74) is 7.80. The number of methoxy groups -OCH3 is 1. The van der Waals surface area contributed by atoms with Gasteiger partial charge < -0.3 is 15.4 Å². The molecule has 128 valence electrons. The number of amides is 2. The molecule has 0 radical (unpaired) electrons. The Bertz CT molecular complexity index is 717. The van der Waals surface area contributed by atoms with E-state index >= 15 is 0 Å². The third-order valence-electron chi connectivity index (χ3n) is 6.41. The second kappa shape index (κ2) is 5.23. The highest BCUT2D eigenvalue weighted by molar-refractivity contribution is 5.85. The van der Waals surface area contributed by atoms with Gasteiger partial charge in [0.1, 0.15) is 5.75 Å². The number of aryl methyl sites for hydroxylation is 1. The number of rotatable bonds is 2. The van der Waals surface area contributed by atoms with Crippen molar-refractivity contribution in [1.82, 2.24) is 4.90 Å². The highest BCUT2D eigenvalue weighted by Crippen LogP contribution is 2.60. The normalized spacial score (nSPS) is 34.3. The minimum atomic E-state index is -0.367. The van der Waals surface area contributed by atoms with Gasteiger partial charge in [0.05, 0.1) is 12.6 Å². The zero-order chi connectivity index (χ0) is 17.1. The SMILES string of the molecule is COc1ccc2c(c1)CCCN1C(=O)C[C@H]3[C@H](C(N)=O)[C@@H](C)C[C@]231. The summed E-state index contributed by atoms with van der Waals surface area (Å²) in [6.07, 6.45) is 3.12. The maximum atomic E-state index is 12.7. The van der Waals surface area contributed by atoms with Crippen LogP contribution in [0.25, 0.3) is 0 Å². The molecule has 24 heavy (non-hydrogen) atoms. The zero-order valence-corrected chi connectivity index (χ0v) is 14.2. The Labute approximate surface area is 142 Å². The fraction of sp³-hybridized carbons (Fsp3) is 0.579. The Hall–Kier alpha value is -2.04. The lowest BCUT2D eigenvalue weighted by atomic mass is 9.76. The molecule has 5 nitrogen and oxygen atoms in total. The first-order valence-corrected chi connectivity index (χ1v) is 8.76. The zero-order valence-electron chi connectivity index (χ0n) is 14.2. The van der Waals surface area contributed by atoms with Crippen LogP contribution in [-0.2, 0) is 21.5 Å². The summed E-state index contributed by atoms with van der Waals surface area (Å²) in [5, 5.41) is 0. The summed E-state index contributed by atoms with van der Waals surface area (Å²) < 4.78 is 5.39. The van der Waals surface area contributed by atoms with Crippen molar-refractivity contribution in [2.24, 2.45) is 23.5 Å². The van der Waals surface area contributed by atoms with Crippen molar-refractivity contribution in [3.8, 4) is 5.75 Å². The highest BCUT2D eigenvalue weighted by Gasteiger charge is 2.64. The van der Waals surface area contributed by atoms with E-state index in [-0.39, 0.29) is 35.1 Å². The molecule has 5 heteroatoms. The molecule has 1 aromatic rings. The van der Waals surface area contributed by atoms with E-state index in [0.717, 1.165) is 31.6 Å². The van der Waals surface area contributed by atoms with Crippen molar-refractivity contribution in [3.05, 3.63) is 29.3 Å². The molecular formula is C19H24N2O3. The van der Waals surface area contributed by atoms with Crippen LogP contribution in [0, 0.1) is 17.8 Å². The van der Waals surface area contributed by atoms with Crippen molar-refractivity contribution < 1.29 is 14.3 Å². The van der Waals surface area contributed by atoms with E-state index in [9.17, 15) is 9.59 Å². The van der Waals surface area contributed by atoms with Crippen LogP contribution in [0.4, 0.5) is 0 Å². The van der Waals surface area contributed by atoms with Gasteiger partial charge in [0.15, 0.2) is 0 Å². The smallest absolute Gasteiger partial charge is 0.223 e. The van der Waals surface area contributed by atoms with Crippen molar-refractivity contribution in [1.29, 1.82) is 0 Å². The lowest BCUT2D eigenvalue weighted by Crippen LogP contribution is -2.45. The Kier molecular flexibility index (Phi) is 3.37. The molecule has 1 saturated carbocycles. The lowest BCUT2D eigenvalue weighted by Gasteiger charge is -2.39. The Balaban J connectivity index is 1.92. The number of nitrogens with two attached hydrogens (primary N) is 1. The van der Waals surface area contributed by atoms with E-state index in [0.29, 0.717) is 6.42 Å². The van der Waals surface area contributed by atoms with Gasteiger partial charge in [0.2, 0.25) is 11.8 Å². The van der Waals surface area contributed by atoms with Gasteiger partial charge in [0, 0.05) is 24.8 Å². The number of ether oxygens (including phenoxy) is 1. The van der Waals surface area contributed by atoms with Crippen LogP contribution in [0.15, 0.2) is 18.2 Å². The van der Waals surface area contributed by atoms with Crippen LogP contribution in [0.3, 0.4) is 0 Å². The minimum absolute atomic E-state index is 0.0113. The molecule has 0 bridgehead atoms. The summed E-state index contributed by atoms with van der Waals surface area (Å²) in [6.45, 7) is 2.85. The predicted octanol–water partition coefficient (Wildman–Crippen LogP) is 1.83. The molecule has 1 spiro atoms. The van der Waals surface area contributed by atoms with Crippen molar-refractivity contribution >= 4 is 11.8 Å². The third kappa shape index (κ3) is 1.87. The molecule has 4 rings (SSSR count). The van der Waals surface area contributed by atoms with E-state index in [1.807, 2.05) is 6.07 Å². The monoisotopic (exact) mass is 328 g/mol. The maximum absolute atomic E-state index is 12.7. The molecule has 2 N–H and O–H groups in total. The molecule has 1 aliphatic carbocycles. The molecule has 2 aliphatic heterocycles. The van der Waals surface area contributed by atoms with Crippen molar-refractivity contribution in [3.63, 3.8) is 0 Å². The fourth-order valence-corrected chi connectivity index (χ4v) is 5.60. The van der Waals surface area contributed by atoms with E-state index in [1.54, 1.807) is 7.11 Å². The van der Waals surface area contributed by atoms with Crippen LogP contribution < -0.4 is 10.5 Å². The van der Waals surface area contributed by atoms with Crippen LogP contribution in [0.2, 0.25) is 0 Å². The van der Waals surface area contributed by atoms with Gasteiger partial charge in [-0.25, -0.2) is 0 Å². The van der Waals surface area contributed by atoms with E-state index < -0.39 is 0 Å². The van der Waals surface area contributed by atoms with Crippen LogP contribution in [0.5, 0.6) is 5.75 Å². The van der Waals surface area contributed by atoms with Crippen LogP contribution in [-0.4, -0.2) is 30.4 Å². The topological polar surface area (TPSA) is 72.6 Å². The van der Waals surface area contributed by atoms with Crippen molar-refractivity contribution in [2.45, 2.75) is 38.1 Å². The highest BCUT2D eigenvalue weighted by atomic mass is 16.5. The number of carbonyl (C=O) groups is 2. The van der Waals surface area contributed by atoms with Gasteiger partial charge in [0.25, 0.3) is 0 Å². The van der Waals surface area contributed by atoms with E-state index in [4.69, 9.17) is 10.5 Å². The third-order valence-corrected chi connectivity index (χ3v) is 6.41. The average Bonchev–Trinajstić information content (AvgIpc) is 2.89. The first-order chi connectivity index (χ1) is 11.5. The first kappa shape index (κ1) is 15.5. The predicted molar refractivity (Wildman–Crippen MR) is 89.3 cm³/mol. The van der Waals surface area contributed by atoms with Gasteiger partial charge in [-0.05, 0) is 48.4 Å². The largest absolute Gasteiger partial charge is 0.497 e. The standard InChI is InChI=1S/C19H24N2O3/c1-11-10-19-14-6-5-13(24-2)8-12(14)4-3-7-21(19)16(22)9-15(19)17(11)18(20)23/h5-6,8,11,15,17H,3-4,7,9-10H2,1-2H3,(H2,20,23)/t11-,15-,17+,19-/m0/s1. The first-order valence-electron chi connectivity index (χ1n) is 8.76. The quantitative estimate of drug-likeness (QED) is 0.900. The molecular weight excluding hydrogens is 304 g/mol. The molecule has 2 amide bonds. The summed E-state index contributed by atoms with van der Waals surface area (Å²) in [6, 6.07) is 6.17. The molecule has 0 unspecified atom stereocenters. The van der Waals surface area contributed by atoms with Gasteiger partial charge in [-0.3, -0.25) is 9.59 Å². The van der Waals surface area contributed by atoms with Crippen molar-refractivity contribution in [2.75, 3.05) is 13.7 Å². The number of primary amides is 1. The fourth-order valence-electron chi connectivity index (χ4n) is 5.60. The molecule has 3 aliphatic rings. The van der Waals surface area contributed by atoms with E-state index in [2.05, 4.69) is 24.0 Å². The average molecular weight is 328 g/mol. The lowest BCUT2D eigenvalue weighted by molar-refractivity contribution is -0.131. The van der Waals surface area contributed by atoms with Crippen LogP contribution in [0.1, 0.15) is 37.3 Å². The van der Waals surface area contributed by atoms with Gasteiger partial charge in [-0.1, -0.05) is 13.0 Å². The summed E-state index contributed by atoms with van der Waals surface area (Å²) in [4.78, 5) is 26.9. The number of hydrogen-bond acceptors (Lipinski definition) is 3. The molecule has 1 saturated heterocycles. The number of nitrogens with zero attached hydrogens (tertiary/aromatic N) is 1. The molecule has 1 aromatic carbocycles.